The summed E-state index contributed by atoms with van der Waals surface area (Å²) in [5.74, 6) is 0. The van der Waals surface area contributed by atoms with Crippen molar-refractivity contribution in [1.82, 2.24) is 4.90 Å². The summed E-state index contributed by atoms with van der Waals surface area (Å²) in [6.45, 7) is 5.05. The molecule has 0 amide bonds. The number of nitrogens with zero attached hydrogens (tertiary/aromatic N) is 1. The summed E-state index contributed by atoms with van der Waals surface area (Å²) < 4.78 is 0. The van der Waals surface area contributed by atoms with E-state index in [0.717, 1.165) is 0 Å². The van der Waals surface area contributed by atoms with Gasteiger partial charge in [-0.2, -0.15) is 0 Å². The van der Waals surface area contributed by atoms with Gasteiger partial charge in [0.05, 0.1) is 0 Å². The van der Waals surface area contributed by atoms with Crippen LogP contribution in [0.4, 0.5) is 0 Å². The lowest BCUT2D eigenvalue weighted by Gasteiger charge is -2.34. The first-order valence-electron chi connectivity index (χ1n) is 4.16. The number of likely N-dealkylation sites (tertiary alicyclic amines) is 1. The molecule has 1 aliphatic rings. The van der Waals surface area contributed by atoms with Crippen LogP contribution in [0.1, 0.15) is 13.3 Å². The second-order valence-corrected chi connectivity index (χ2v) is 2.71. The first kappa shape index (κ1) is 8.34. The van der Waals surface area contributed by atoms with Crippen LogP contribution in [-0.4, -0.2) is 24.5 Å². The van der Waals surface area contributed by atoms with Crippen molar-refractivity contribution in [2.45, 2.75) is 13.3 Å². The molecule has 1 rings (SSSR count). The normalized spacial score (nSPS) is 19.1. The molecule has 0 spiro atoms. The van der Waals surface area contributed by atoms with Gasteiger partial charge in [0, 0.05) is 25.3 Å². The minimum atomic E-state index is 0.635. The number of hydrogen-bond donors (Lipinski definition) is 1. The molecule has 2 N–H and O–H groups in total. The fourth-order valence-electron chi connectivity index (χ4n) is 1.17. The monoisotopic (exact) mass is 152 g/mol. The van der Waals surface area contributed by atoms with Crippen molar-refractivity contribution < 1.29 is 0 Å². The zero-order chi connectivity index (χ0) is 8.10. The van der Waals surface area contributed by atoms with Crippen LogP contribution in [0, 0.1) is 0 Å². The van der Waals surface area contributed by atoms with Gasteiger partial charge >= 0.3 is 0 Å². The first-order chi connectivity index (χ1) is 5.38. The molecule has 1 heterocycles. The Kier molecular flexibility index (Phi) is 3.17. The Hall–Kier alpha value is -0.760. The zero-order valence-electron chi connectivity index (χ0n) is 7.09. The van der Waals surface area contributed by atoms with Crippen LogP contribution >= 0.6 is 0 Å². The third kappa shape index (κ3) is 2.09. The maximum Gasteiger partial charge on any atom is 0.0335 e. The van der Waals surface area contributed by atoms with E-state index in [1.165, 1.54) is 25.2 Å². The van der Waals surface area contributed by atoms with Gasteiger partial charge < -0.3 is 10.6 Å². The molecule has 0 aromatic carbocycles. The van der Waals surface area contributed by atoms with Crippen LogP contribution < -0.4 is 5.73 Å². The van der Waals surface area contributed by atoms with Crippen molar-refractivity contribution in [3.63, 3.8) is 0 Å². The predicted octanol–water partition coefficient (Wildman–Crippen LogP) is 1.11. The average Bonchev–Trinajstić information content (AvgIpc) is 1.85. The smallest absolute Gasteiger partial charge is 0.0335 e. The second kappa shape index (κ2) is 4.19. The topological polar surface area (TPSA) is 29.3 Å². The molecule has 1 fully saturated rings. The molecule has 0 aromatic heterocycles. The van der Waals surface area contributed by atoms with Crippen LogP contribution in [0.15, 0.2) is 23.9 Å². The number of allylic oxidation sites excluding steroid dienone is 2. The van der Waals surface area contributed by atoms with E-state index in [-0.39, 0.29) is 0 Å². The number of rotatable bonds is 3. The van der Waals surface area contributed by atoms with E-state index >= 15 is 0 Å². The maximum absolute atomic E-state index is 5.44. The molecule has 0 atom stereocenters. The lowest BCUT2D eigenvalue weighted by Crippen LogP contribution is -2.35. The zero-order valence-corrected chi connectivity index (χ0v) is 7.09. The van der Waals surface area contributed by atoms with Gasteiger partial charge in [-0.3, -0.25) is 0 Å². The molecule has 0 aromatic rings. The molecule has 62 valence electrons. The Labute approximate surface area is 68.4 Å². The summed E-state index contributed by atoms with van der Waals surface area (Å²) in [6.07, 6.45) is 7.56. The van der Waals surface area contributed by atoms with Gasteiger partial charge in [-0.1, -0.05) is 6.08 Å². The maximum atomic E-state index is 5.44. The van der Waals surface area contributed by atoms with Crippen molar-refractivity contribution in [2.24, 2.45) is 5.73 Å². The van der Waals surface area contributed by atoms with Crippen LogP contribution in [0.5, 0.6) is 0 Å². The second-order valence-electron chi connectivity index (χ2n) is 2.71. The van der Waals surface area contributed by atoms with E-state index in [0.29, 0.717) is 6.54 Å². The Balaban J connectivity index is 2.50. The van der Waals surface area contributed by atoms with E-state index in [2.05, 4.69) is 23.1 Å². The largest absolute Gasteiger partial charge is 0.372 e. The molecule has 0 aliphatic carbocycles. The van der Waals surface area contributed by atoms with Gasteiger partial charge in [-0.15, -0.1) is 0 Å². The third-order valence-corrected chi connectivity index (χ3v) is 1.89. The quantitative estimate of drug-likeness (QED) is 0.614. The molecule has 2 heteroatoms. The summed E-state index contributed by atoms with van der Waals surface area (Å²) >= 11 is 0. The number of nitrogens with two attached hydrogens (primary N) is 1. The summed E-state index contributed by atoms with van der Waals surface area (Å²) in [7, 11) is 0. The minimum Gasteiger partial charge on any atom is -0.372 e. The highest BCUT2D eigenvalue weighted by Gasteiger charge is 2.13. The van der Waals surface area contributed by atoms with Crippen molar-refractivity contribution in [2.75, 3.05) is 19.6 Å². The van der Waals surface area contributed by atoms with Crippen LogP contribution in [0.3, 0.4) is 0 Å². The van der Waals surface area contributed by atoms with Gasteiger partial charge in [0.25, 0.3) is 0 Å². The van der Waals surface area contributed by atoms with Crippen LogP contribution in [0.25, 0.3) is 0 Å². The highest BCUT2D eigenvalue weighted by Crippen LogP contribution is 2.14. The highest BCUT2D eigenvalue weighted by molar-refractivity contribution is 5.18. The third-order valence-electron chi connectivity index (χ3n) is 1.89. The lowest BCUT2D eigenvalue weighted by molar-refractivity contribution is 0.246. The minimum absolute atomic E-state index is 0.635. The Bertz CT molecular complexity index is 166. The van der Waals surface area contributed by atoms with Crippen molar-refractivity contribution in [3.05, 3.63) is 23.9 Å². The van der Waals surface area contributed by atoms with Crippen molar-refractivity contribution in [3.8, 4) is 0 Å². The van der Waals surface area contributed by atoms with E-state index in [4.69, 9.17) is 5.73 Å². The van der Waals surface area contributed by atoms with E-state index in [1.807, 2.05) is 6.92 Å². The standard InChI is InChI=1S/C9H16N2/c1-2-4-9(5-6-10)11-7-3-8-11/h2,4-5H,3,6-8,10H2,1H3/b4-2-,9-5+. The first-order valence-corrected chi connectivity index (χ1v) is 4.16. The van der Waals surface area contributed by atoms with Gasteiger partial charge in [0.1, 0.15) is 0 Å². The van der Waals surface area contributed by atoms with E-state index in [1.54, 1.807) is 0 Å². The van der Waals surface area contributed by atoms with Gasteiger partial charge in [-0.25, -0.2) is 0 Å². The fraction of sp³-hybridized carbons (Fsp3) is 0.556. The average molecular weight is 152 g/mol. The number of hydrogen-bond acceptors (Lipinski definition) is 2. The van der Waals surface area contributed by atoms with Crippen LogP contribution in [-0.2, 0) is 0 Å². The molecule has 0 saturated carbocycles. The van der Waals surface area contributed by atoms with Gasteiger partial charge in [-0.05, 0) is 25.5 Å². The fourth-order valence-corrected chi connectivity index (χ4v) is 1.17. The Morgan fingerprint density at radius 2 is 2.27 bits per heavy atom. The highest BCUT2D eigenvalue weighted by atomic mass is 15.2. The lowest BCUT2D eigenvalue weighted by atomic mass is 10.2. The summed E-state index contributed by atoms with van der Waals surface area (Å²) in [6, 6.07) is 0. The van der Waals surface area contributed by atoms with Crippen molar-refractivity contribution >= 4 is 0 Å². The van der Waals surface area contributed by atoms with Crippen LogP contribution in [0.2, 0.25) is 0 Å². The Morgan fingerprint density at radius 3 is 2.64 bits per heavy atom. The summed E-state index contributed by atoms with van der Waals surface area (Å²) in [5, 5.41) is 0. The van der Waals surface area contributed by atoms with Gasteiger partial charge in [0.2, 0.25) is 0 Å². The van der Waals surface area contributed by atoms with E-state index < -0.39 is 0 Å². The summed E-state index contributed by atoms with van der Waals surface area (Å²) in [4.78, 5) is 2.34. The summed E-state index contributed by atoms with van der Waals surface area (Å²) in [5.41, 5.74) is 6.72. The Morgan fingerprint density at radius 1 is 1.55 bits per heavy atom. The molecule has 1 aliphatic heterocycles. The molecule has 11 heavy (non-hydrogen) atoms. The molecule has 0 unspecified atom stereocenters. The van der Waals surface area contributed by atoms with E-state index in [9.17, 15) is 0 Å². The van der Waals surface area contributed by atoms with Gasteiger partial charge in [0.15, 0.2) is 0 Å². The predicted molar refractivity (Wildman–Crippen MR) is 48.1 cm³/mol. The SMILES string of the molecule is C/C=C\C(=C/CN)N1CCC1. The molecule has 1 saturated heterocycles. The molecule has 0 radical (unpaired) electrons. The molecule has 0 bridgehead atoms. The molecular weight excluding hydrogens is 136 g/mol. The van der Waals surface area contributed by atoms with Crippen molar-refractivity contribution in [1.29, 1.82) is 0 Å². The molecular formula is C9H16N2. The molecule has 2 nitrogen and oxygen atoms in total.